The molecule has 2 bridgehead atoms. The molecule has 36 heavy (non-hydrogen) atoms. The Morgan fingerprint density at radius 2 is 2.11 bits per heavy atom. The maximum atomic E-state index is 12.7. The summed E-state index contributed by atoms with van der Waals surface area (Å²) in [5.41, 5.74) is 0.134. The Morgan fingerprint density at radius 1 is 1.33 bits per heavy atom. The van der Waals surface area contributed by atoms with Crippen molar-refractivity contribution in [2.45, 2.75) is 61.4 Å². The molecule has 0 saturated carbocycles. The van der Waals surface area contributed by atoms with Crippen LogP contribution >= 0.6 is 0 Å². The minimum atomic E-state index is -1.81. The Bertz CT molecular complexity index is 1150. The van der Waals surface area contributed by atoms with Crippen molar-refractivity contribution in [1.82, 2.24) is 10.2 Å². The highest BCUT2D eigenvalue weighted by Gasteiger charge is 2.72. The molecule has 2 aliphatic carbocycles. The summed E-state index contributed by atoms with van der Waals surface area (Å²) in [4.78, 5) is 37.3. The molecule has 1 aromatic rings. The molecule has 1 amide bonds. The van der Waals surface area contributed by atoms with Gasteiger partial charge in [-0.1, -0.05) is 6.07 Å². The van der Waals surface area contributed by atoms with E-state index in [9.17, 15) is 24.6 Å². The number of piperidine rings is 1. The van der Waals surface area contributed by atoms with Crippen LogP contribution in [0.2, 0.25) is 0 Å². The molecule has 2 aliphatic heterocycles. The number of hydrogen-bond donors (Lipinski definition) is 4. The molecular formula is C25H30N2O9. The summed E-state index contributed by atoms with van der Waals surface area (Å²) in [5.74, 6) is -1.32. The number of rotatable bonds is 8. The zero-order valence-corrected chi connectivity index (χ0v) is 20.2. The largest absolute Gasteiger partial charge is 0.493 e. The van der Waals surface area contributed by atoms with Gasteiger partial charge in [0.25, 0.3) is 0 Å². The topological polar surface area (TPSA) is 155 Å². The van der Waals surface area contributed by atoms with Gasteiger partial charge in [0.2, 0.25) is 5.91 Å². The first-order valence-electron chi connectivity index (χ1n) is 12.0. The highest BCUT2D eigenvalue weighted by atomic mass is 16.6. The molecule has 1 spiro atoms. The van der Waals surface area contributed by atoms with Crippen LogP contribution in [0.15, 0.2) is 24.0 Å². The number of esters is 1. The third kappa shape index (κ3) is 3.48. The molecule has 4 aliphatic rings. The van der Waals surface area contributed by atoms with Crippen LogP contribution in [0.1, 0.15) is 36.8 Å². The lowest BCUT2D eigenvalue weighted by Crippen LogP contribution is -2.74. The van der Waals surface area contributed by atoms with E-state index in [0.717, 1.165) is 17.7 Å². The molecule has 0 unspecified atom stereocenters. The molecule has 1 fully saturated rings. The van der Waals surface area contributed by atoms with Crippen molar-refractivity contribution in [2.75, 3.05) is 27.2 Å². The molecule has 0 aromatic heterocycles. The first-order chi connectivity index (χ1) is 17.1. The van der Waals surface area contributed by atoms with E-state index >= 15 is 0 Å². The van der Waals surface area contributed by atoms with Crippen molar-refractivity contribution in [2.24, 2.45) is 0 Å². The van der Waals surface area contributed by atoms with Crippen LogP contribution in [0, 0.1) is 0 Å². The molecule has 4 N–H and O–H groups in total. The number of carboxylic acids is 1. The van der Waals surface area contributed by atoms with Gasteiger partial charge in [0.15, 0.2) is 23.7 Å². The molecule has 11 nitrogen and oxygen atoms in total. The Labute approximate surface area is 207 Å². The number of carbonyl (C=O) groups is 3. The molecule has 2 heterocycles. The number of nitrogens with one attached hydrogen (secondary N) is 1. The highest BCUT2D eigenvalue weighted by Crippen LogP contribution is 2.65. The molecule has 194 valence electrons. The first-order valence-corrected chi connectivity index (χ1v) is 12.0. The zero-order chi connectivity index (χ0) is 25.8. The molecule has 1 saturated heterocycles. The van der Waals surface area contributed by atoms with Crippen LogP contribution in [-0.4, -0.2) is 89.2 Å². The molecule has 5 rings (SSSR count). The van der Waals surface area contributed by atoms with Crippen molar-refractivity contribution in [3.05, 3.63) is 35.1 Å². The van der Waals surface area contributed by atoms with Gasteiger partial charge in [-0.3, -0.25) is 9.59 Å². The van der Waals surface area contributed by atoms with Crippen LogP contribution in [-0.2, 0) is 31.0 Å². The fourth-order valence-electron chi connectivity index (χ4n) is 6.41. The van der Waals surface area contributed by atoms with Crippen molar-refractivity contribution in [3.63, 3.8) is 0 Å². The number of amides is 1. The molecule has 5 atom stereocenters. The van der Waals surface area contributed by atoms with E-state index in [0.29, 0.717) is 36.5 Å². The lowest BCUT2D eigenvalue weighted by molar-refractivity contribution is -0.169. The lowest BCUT2D eigenvalue weighted by Gasteiger charge is -2.61. The van der Waals surface area contributed by atoms with E-state index in [2.05, 4.69) is 10.2 Å². The van der Waals surface area contributed by atoms with Gasteiger partial charge < -0.3 is 39.7 Å². The van der Waals surface area contributed by atoms with Gasteiger partial charge in [-0.25, -0.2) is 4.79 Å². The number of aliphatic carboxylic acids is 1. The van der Waals surface area contributed by atoms with Gasteiger partial charge in [-0.15, -0.1) is 0 Å². The lowest BCUT2D eigenvalue weighted by atomic mass is 9.50. The fraction of sp³-hybridized carbons (Fsp3) is 0.560. The second-order valence-corrected chi connectivity index (χ2v) is 9.92. The number of hydrogen-bond acceptors (Lipinski definition) is 9. The SMILES string of the molecule is COc1ccc2c3c1O[C@H]1C(OC(=O)CCNC(=O)C[C@H](O)C(=O)O)=CC[C@@]4(O)[C@@H](C2)N(C)CC[C@]314. The van der Waals surface area contributed by atoms with Gasteiger partial charge in [0.05, 0.1) is 31.0 Å². The van der Waals surface area contributed by atoms with Gasteiger partial charge in [0.1, 0.15) is 5.76 Å². The van der Waals surface area contributed by atoms with Crippen LogP contribution in [0.4, 0.5) is 0 Å². The number of likely N-dealkylation sites (N-methyl/N-ethyl adjacent to an activating group) is 1. The third-order valence-corrected chi connectivity index (χ3v) is 8.10. The maximum Gasteiger partial charge on any atom is 0.333 e. The Kier molecular flexibility index (Phi) is 5.97. The van der Waals surface area contributed by atoms with E-state index in [4.69, 9.17) is 19.3 Å². The van der Waals surface area contributed by atoms with Crippen molar-refractivity contribution >= 4 is 17.8 Å². The van der Waals surface area contributed by atoms with E-state index in [1.54, 1.807) is 13.2 Å². The summed E-state index contributed by atoms with van der Waals surface area (Å²) in [6, 6.07) is 3.76. The van der Waals surface area contributed by atoms with Crippen LogP contribution in [0.25, 0.3) is 0 Å². The summed E-state index contributed by atoms with van der Waals surface area (Å²) in [7, 11) is 3.58. The normalized spacial score (nSPS) is 30.4. The summed E-state index contributed by atoms with van der Waals surface area (Å²) in [6.45, 7) is 0.668. The third-order valence-electron chi connectivity index (χ3n) is 8.10. The number of nitrogens with zero attached hydrogens (tertiary/aromatic N) is 1. The summed E-state index contributed by atoms with van der Waals surface area (Å²) in [6.07, 6.45) is 0.0268. The molecule has 0 radical (unpaired) electrons. The summed E-state index contributed by atoms with van der Waals surface area (Å²) >= 11 is 0. The van der Waals surface area contributed by atoms with Gasteiger partial charge in [-0.05, 0) is 44.1 Å². The number of aliphatic hydroxyl groups is 2. The number of likely N-dealkylation sites (tertiary alicyclic amines) is 1. The van der Waals surface area contributed by atoms with Gasteiger partial charge in [-0.2, -0.15) is 0 Å². The Balaban J connectivity index is 1.36. The average molecular weight is 503 g/mol. The number of carbonyl (C=O) groups excluding carboxylic acids is 2. The first kappa shape index (κ1) is 24.5. The van der Waals surface area contributed by atoms with Gasteiger partial charge in [0, 0.05) is 24.6 Å². The smallest absolute Gasteiger partial charge is 0.333 e. The Morgan fingerprint density at radius 3 is 2.83 bits per heavy atom. The maximum absolute atomic E-state index is 12.7. The molecule has 11 heteroatoms. The monoisotopic (exact) mass is 502 g/mol. The summed E-state index contributed by atoms with van der Waals surface area (Å²) < 4.78 is 17.7. The summed E-state index contributed by atoms with van der Waals surface area (Å²) in [5, 5.41) is 32.5. The standard InChI is InChI=1S/C25H30N2O9/c1-27-10-8-24-20-13-3-4-15(34-2)21(20)36-22(24)16(5-7-25(24,33)17(27)11-13)35-19(30)6-9-26-18(29)12-14(28)23(31)32/h3-5,14,17,22,28,33H,6-12H2,1-2H3,(H,26,29)(H,31,32)/t14-,17+,22-,24-,25+/m0/s1. The Hall–Kier alpha value is -3.15. The molecular weight excluding hydrogens is 472 g/mol. The van der Waals surface area contributed by atoms with Crippen LogP contribution in [0.5, 0.6) is 11.5 Å². The number of benzene rings is 1. The quantitative estimate of drug-likeness (QED) is 0.353. The average Bonchev–Trinajstić information content (AvgIpc) is 3.18. The van der Waals surface area contributed by atoms with Crippen molar-refractivity contribution in [1.29, 1.82) is 0 Å². The van der Waals surface area contributed by atoms with Gasteiger partial charge >= 0.3 is 11.9 Å². The zero-order valence-electron chi connectivity index (χ0n) is 20.2. The van der Waals surface area contributed by atoms with E-state index in [-0.39, 0.29) is 19.0 Å². The number of carboxylic acid groups (broad SMARTS) is 1. The number of aliphatic hydroxyl groups excluding tert-OH is 1. The minimum absolute atomic E-state index is 0.0804. The van der Waals surface area contributed by atoms with E-state index < -0.39 is 47.5 Å². The molecule has 1 aromatic carbocycles. The highest BCUT2D eigenvalue weighted by molar-refractivity contribution is 5.83. The van der Waals surface area contributed by atoms with Crippen molar-refractivity contribution in [3.8, 4) is 11.5 Å². The van der Waals surface area contributed by atoms with Crippen molar-refractivity contribution < 1.29 is 43.9 Å². The second-order valence-electron chi connectivity index (χ2n) is 9.92. The fourth-order valence-corrected chi connectivity index (χ4v) is 6.41. The number of methoxy groups -OCH3 is 1. The second kappa shape index (κ2) is 8.75. The van der Waals surface area contributed by atoms with E-state index in [1.807, 2.05) is 19.2 Å². The predicted molar refractivity (Wildman–Crippen MR) is 123 cm³/mol. The number of ether oxygens (including phenoxy) is 3. The van der Waals surface area contributed by atoms with E-state index in [1.165, 1.54) is 0 Å². The van der Waals surface area contributed by atoms with Crippen LogP contribution in [0.3, 0.4) is 0 Å². The van der Waals surface area contributed by atoms with Crippen LogP contribution < -0.4 is 14.8 Å². The minimum Gasteiger partial charge on any atom is -0.493 e. The predicted octanol–water partition coefficient (Wildman–Crippen LogP) is -0.142.